The Balaban J connectivity index is 2.11. The maximum absolute atomic E-state index is 7.69. The molecule has 0 aliphatic carbocycles. The summed E-state index contributed by atoms with van der Waals surface area (Å²) in [6.07, 6.45) is 3.23. The van der Waals surface area contributed by atoms with Crippen molar-refractivity contribution >= 4 is 27.1 Å². The lowest BCUT2D eigenvalue weighted by molar-refractivity contribution is 0.781. The van der Waals surface area contributed by atoms with Crippen molar-refractivity contribution in [2.24, 2.45) is 0 Å². The summed E-state index contributed by atoms with van der Waals surface area (Å²) < 4.78 is 2.97. The van der Waals surface area contributed by atoms with E-state index in [0.717, 1.165) is 15.7 Å². The van der Waals surface area contributed by atoms with Crippen molar-refractivity contribution in [3.05, 3.63) is 52.4 Å². The topological polar surface area (TPSA) is 70.3 Å². The van der Waals surface area contributed by atoms with Crippen molar-refractivity contribution in [3.63, 3.8) is 0 Å². The van der Waals surface area contributed by atoms with Crippen molar-refractivity contribution < 1.29 is 0 Å². The molecule has 0 bridgehead atoms. The van der Waals surface area contributed by atoms with Crippen molar-refractivity contribution in [2.75, 3.05) is 0 Å². The van der Waals surface area contributed by atoms with Gasteiger partial charge in [-0.25, -0.2) is 9.97 Å². The Morgan fingerprint density at radius 2 is 2.11 bits per heavy atom. The Hall–Kier alpha value is -1.95. The zero-order valence-corrected chi connectivity index (χ0v) is 11.0. The highest BCUT2D eigenvalue weighted by molar-refractivity contribution is 9.10. The average Bonchev–Trinajstić information content (AvgIpc) is 2.85. The second-order valence-electron chi connectivity index (χ2n) is 3.91. The number of H-pyrrole nitrogens is 1. The third-order valence-electron chi connectivity index (χ3n) is 2.75. The fraction of sp³-hybridized carbons (Fsp3) is 0.0833. The van der Waals surface area contributed by atoms with Gasteiger partial charge in [-0.2, -0.15) is 0 Å². The summed E-state index contributed by atoms with van der Waals surface area (Å²) in [6, 6.07) is 8.02. The SMILES string of the molecule is N=c1ncn(Cc2ccccc2Br)c2nc[nH]c12. The number of rotatable bonds is 2. The van der Waals surface area contributed by atoms with Gasteiger partial charge in [0.05, 0.1) is 19.2 Å². The van der Waals surface area contributed by atoms with Crippen molar-refractivity contribution in [3.8, 4) is 0 Å². The molecule has 0 amide bonds. The predicted molar refractivity (Wildman–Crippen MR) is 71.0 cm³/mol. The molecule has 0 radical (unpaired) electrons. The van der Waals surface area contributed by atoms with Gasteiger partial charge in [0, 0.05) is 4.47 Å². The van der Waals surface area contributed by atoms with Crippen LogP contribution in [0.15, 0.2) is 41.4 Å². The summed E-state index contributed by atoms with van der Waals surface area (Å²) in [5.41, 5.74) is 2.76. The molecule has 0 aliphatic rings. The van der Waals surface area contributed by atoms with E-state index >= 15 is 0 Å². The standard InChI is InChI=1S/C12H10BrN5/c13-9-4-2-1-3-8(9)5-18-7-17-11(14)10-12(18)16-6-15-10/h1-4,6-7,14H,5H2,(H,15,16). The Bertz CT molecular complexity index is 758. The maximum Gasteiger partial charge on any atom is 0.173 e. The Labute approximate surface area is 111 Å². The number of imidazole rings is 1. The van der Waals surface area contributed by atoms with E-state index in [4.69, 9.17) is 5.41 Å². The zero-order valence-electron chi connectivity index (χ0n) is 9.39. The summed E-state index contributed by atoms with van der Waals surface area (Å²) in [5, 5.41) is 7.69. The summed E-state index contributed by atoms with van der Waals surface area (Å²) >= 11 is 3.52. The molecule has 1 aromatic carbocycles. The van der Waals surface area contributed by atoms with E-state index < -0.39 is 0 Å². The lowest BCUT2D eigenvalue weighted by Gasteiger charge is -2.08. The van der Waals surface area contributed by atoms with Crippen molar-refractivity contribution in [1.29, 1.82) is 5.41 Å². The Morgan fingerprint density at radius 3 is 2.94 bits per heavy atom. The molecule has 5 nitrogen and oxygen atoms in total. The first-order chi connectivity index (χ1) is 8.75. The lowest BCUT2D eigenvalue weighted by atomic mass is 10.2. The summed E-state index contributed by atoms with van der Waals surface area (Å²) in [5.74, 6) is 0. The quantitative estimate of drug-likeness (QED) is 0.760. The van der Waals surface area contributed by atoms with E-state index in [1.807, 2.05) is 28.8 Å². The van der Waals surface area contributed by atoms with Crippen LogP contribution in [0.3, 0.4) is 0 Å². The molecular weight excluding hydrogens is 294 g/mol. The first-order valence-corrected chi connectivity index (χ1v) is 6.21. The van der Waals surface area contributed by atoms with Crippen LogP contribution in [0.2, 0.25) is 0 Å². The van der Waals surface area contributed by atoms with E-state index in [1.165, 1.54) is 0 Å². The van der Waals surface area contributed by atoms with E-state index in [1.54, 1.807) is 12.7 Å². The smallest absolute Gasteiger partial charge is 0.173 e. The number of hydrogen-bond donors (Lipinski definition) is 2. The minimum absolute atomic E-state index is 0.214. The zero-order chi connectivity index (χ0) is 12.5. The molecular formula is C12H10BrN5. The molecule has 90 valence electrons. The number of nitrogens with one attached hydrogen (secondary N) is 2. The van der Waals surface area contributed by atoms with Gasteiger partial charge in [-0.15, -0.1) is 0 Å². The molecule has 0 aliphatic heterocycles. The molecule has 18 heavy (non-hydrogen) atoms. The molecule has 2 aromatic heterocycles. The van der Waals surface area contributed by atoms with Gasteiger partial charge < -0.3 is 9.55 Å². The number of nitrogens with zero attached hydrogens (tertiary/aromatic N) is 3. The van der Waals surface area contributed by atoms with E-state index in [0.29, 0.717) is 12.1 Å². The Morgan fingerprint density at radius 1 is 1.28 bits per heavy atom. The van der Waals surface area contributed by atoms with Crippen LogP contribution < -0.4 is 5.49 Å². The largest absolute Gasteiger partial charge is 0.340 e. The number of halogens is 1. The van der Waals surface area contributed by atoms with Crippen LogP contribution in [0.4, 0.5) is 0 Å². The molecule has 6 heteroatoms. The van der Waals surface area contributed by atoms with Crippen LogP contribution in [0.25, 0.3) is 11.2 Å². The summed E-state index contributed by atoms with van der Waals surface area (Å²) in [6.45, 7) is 0.663. The van der Waals surface area contributed by atoms with Gasteiger partial charge in [-0.3, -0.25) is 5.41 Å². The molecule has 0 atom stereocenters. The van der Waals surface area contributed by atoms with Crippen LogP contribution in [0, 0.1) is 5.41 Å². The summed E-state index contributed by atoms with van der Waals surface area (Å²) in [4.78, 5) is 11.2. The molecule has 0 spiro atoms. The van der Waals surface area contributed by atoms with E-state index in [9.17, 15) is 0 Å². The third-order valence-corrected chi connectivity index (χ3v) is 3.53. The Kier molecular flexibility index (Phi) is 2.71. The molecule has 0 fully saturated rings. The van der Waals surface area contributed by atoms with Gasteiger partial charge in [0.1, 0.15) is 5.52 Å². The van der Waals surface area contributed by atoms with Gasteiger partial charge >= 0.3 is 0 Å². The first kappa shape index (κ1) is 11.2. The predicted octanol–water partition coefficient (Wildman–Crippen LogP) is 2.05. The van der Waals surface area contributed by atoms with Crippen molar-refractivity contribution in [2.45, 2.75) is 6.54 Å². The third kappa shape index (κ3) is 1.84. The highest BCUT2D eigenvalue weighted by atomic mass is 79.9. The van der Waals surface area contributed by atoms with Crippen LogP contribution >= 0.6 is 15.9 Å². The van der Waals surface area contributed by atoms with Crippen LogP contribution in [0.1, 0.15) is 5.56 Å². The molecule has 2 heterocycles. The van der Waals surface area contributed by atoms with E-state index in [-0.39, 0.29) is 5.49 Å². The minimum Gasteiger partial charge on any atom is -0.340 e. The molecule has 3 aromatic rings. The van der Waals surface area contributed by atoms with E-state index in [2.05, 4.69) is 30.9 Å². The number of benzene rings is 1. The van der Waals surface area contributed by atoms with Crippen LogP contribution in [-0.2, 0) is 6.54 Å². The molecule has 3 rings (SSSR count). The van der Waals surface area contributed by atoms with Gasteiger partial charge in [0.2, 0.25) is 0 Å². The van der Waals surface area contributed by atoms with Crippen LogP contribution in [0.5, 0.6) is 0 Å². The van der Waals surface area contributed by atoms with Gasteiger partial charge in [0.25, 0.3) is 0 Å². The lowest BCUT2D eigenvalue weighted by Crippen LogP contribution is -2.13. The fourth-order valence-corrected chi connectivity index (χ4v) is 2.26. The highest BCUT2D eigenvalue weighted by Crippen LogP contribution is 2.17. The molecule has 0 unspecified atom stereocenters. The normalized spacial score (nSPS) is 10.9. The number of hydrogen-bond acceptors (Lipinski definition) is 3. The second kappa shape index (κ2) is 4.38. The minimum atomic E-state index is 0.214. The number of aromatic amines is 1. The monoisotopic (exact) mass is 303 g/mol. The highest BCUT2D eigenvalue weighted by Gasteiger charge is 2.06. The van der Waals surface area contributed by atoms with Gasteiger partial charge in [-0.1, -0.05) is 34.1 Å². The summed E-state index contributed by atoms with van der Waals surface area (Å²) in [7, 11) is 0. The fourth-order valence-electron chi connectivity index (χ4n) is 1.85. The first-order valence-electron chi connectivity index (χ1n) is 5.42. The maximum atomic E-state index is 7.69. The number of fused-ring (bicyclic) bond motifs is 1. The number of aromatic nitrogens is 4. The average molecular weight is 304 g/mol. The van der Waals surface area contributed by atoms with Crippen molar-refractivity contribution in [1.82, 2.24) is 19.5 Å². The molecule has 0 saturated carbocycles. The van der Waals surface area contributed by atoms with Crippen LogP contribution in [-0.4, -0.2) is 19.5 Å². The van der Waals surface area contributed by atoms with Gasteiger partial charge in [0.15, 0.2) is 11.1 Å². The second-order valence-corrected chi connectivity index (χ2v) is 4.77. The molecule has 0 saturated heterocycles. The molecule has 2 N–H and O–H groups in total. The van der Waals surface area contributed by atoms with Gasteiger partial charge in [-0.05, 0) is 11.6 Å².